The lowest BCUT2D eigenvalue weighted by Gasteiger charge is -2.12. The highest BCUT2D eigenvalue weighted by Crippen LogP contribution is 2.38. The second-order valence-electron chi connectivity index (χ2n) is 6.23. The Hall–Kier alpha value is -2.03. The molecule has 1 aliphatic rings. The van der Waals surface area contributed by atoms with Gasteiger partial charge in [-0.2, -0.15) is 0 Å². The van der Waals surface area contributed by atoms with Crippen LogP contribution in [0.25, 0.3) is 6.08 Å². The zero-order valence-electron chi connectivity index (χ0n) is 15.2. The molecule has 2 aromatic rings. The summed E-state index contributed by atoms with van der Waals surface area (Å²) in [5.74, 6) is -0.729. The van der Waals surface area contributed by atoms with Crippen molar-refractivity contribution in [3.05, 3.63) is 56.4 Å². The number of thiophene rings is 1. The van der Waals surface area contributed by atoms with E-state index in [1.807, 2.05) is 24.3 Å². The van der Waals surface area contributed by atoms with Crippen molar-refractivity contribution in [3.8, 4) is 0 Å². The average Bonchev–Trinajstić information content (AvgIpc) is 3.04. The quantitative estimate of drug-likeness (QED) is 0.378. The van der Waals surface area contributed by atoms with Crippen molar-refractivity contribution < 1.29 is 14.3 Å². The molecule has 0 radical (unpaired) electrons. The number of ether oxygens (including phenoxy) is 1. The topological polar surface area (TPSA) is 67.4 Å². The van der Waals surface area contributed by atoms with Crippen molar-refractivity contribution in [2.24, 2.45) is 0 Å². The molecular weight excluding hydrogens is 460 g/mol. The SMILES string of the molecule is COC(=O)c1c(NC(=S)NC(=O)/C=C/c2ccc(Br)cc2)sc2c1CCCC2. The highest BCUT2D eigenvalue weighted by atomic mass is 79.9. The minimum absolute atomic E-state index is 0.147. The number of hydrogen-bond donors (Lipinski definition) is 2. The Morgan fingerprint density at radius 3 is 2.64 bits per heavy atom. The van der Waals surface area contributed by atoms with E-state index < -0.39 is 0 Å². The molecule has 146 valence electrons. The normalized spacial score (nSPS) is 13.1. The Morgan fingerprint density at radius 1 is 1.21 bits per heavy atom. The van der Waals surface area contributed by atoms with Crippen molar-refractivity contribution in [2.45, 2.75) is 25.7 Å². The van der Waals surface area contributed by atoms with Crippen molar-refractivity contribution in [2.75, 3.05) is 12.4 Å². The van der Waals surface area contributed by atoms with Crippen LogP contribution in [0.15, 0.2) is 34.8 Å². The van der Waals surface area contributed by atoms with E-state index in [1.54, 1.807) is 6.08 Å². The molecule has 8 heteroatoms. The fourth-order valence-corrected chi connectivity index (χ4v) is 4.82. The number of thiocarbonyl (C=S) groups is 1. The molecule has 1 aromatic carbocycles. The molecule has 0 fully saturated rings. The summed E-state index contributed by atoms with van der Waals surface area (Å²) in [7, 11) is 1.37. The largest absolute Gasteiger partial charge is 0.465 e. The van der Waals surface area contributed by atoms with Gasteiger partial charge in [-0.1, -0.05) is 28.1 Å². The van der Waals surface area contributed by atoms with Crippen LogP contribution in [-0.2, 0) is 22.4 Å². The maximum Gasteiger partial charge on any atom is 0.341 e. The van der Waals surface area contributed by atoms with Crippen LogP contribution >= 0.6 is 39.5 Å². The zero-order valence-corrected chi connectivity index (χ0v) is 18.4. The summed E-state index contributed by atoms with van der Waals surface area (Å²) in [6, 6.07) is 7.58. The summed E-state index contributed by atoms with van der Waals surface area (Å²) >= 11 is 10.1. The number of carbonyl (C=O) groups is 2. The van der Waals surface area contributed by atoms with Crippen LogP contribution in [0.4, 0.5) is 5.00 Å². The first-order chi connectivity index (χ1) is 13.5. The lowest BCUT2D eigenvalue weighted by Crippen LogP contribution is -2.33. The van der Waals surface area contributed by atoms with Gasteiger partial charge in [0.05, 0.1) is 12.7 Å². The number of carbonyl (C=O) groups excluding carboxylic acids is 2. The van der Waals surface area contributed by atoms with E-state index in [0.29, 0.717) is 10.6 Å². The van der Waals surface area contributed by atoms with Crippen LogP contribution in [0.2, 0.25) is 0 Å². The van der Waals surface area contributed by atoms with E-state index in [4.69, 9.17) is 17.0 Å². The third-order valence-corrected chi connectivity index (χ3v) is 6.26. The standard InChI is InChI=1S/C20H19BrN2O3S2/c1-26-19(25)17-14-4-2-3-5-15(14)28-18(17)23-20(27)22-16(24)11-8-12-6-9-13(21)10-7-12/h6-11H,2-5H2,1H3,(H2,22,23,24,27)/b11-8+. The molecule has 1 aromatic heterocycles. The summed E-state index contributed by atoms with van der Waals surface area (Å²) in [6.07, 6.45) is 7.07. The molecule has 0 unspecified atom stereocenters. The van der Waals surface area contributed by atoms with Crippen LogP contribution in [0.3, 0.4) is 0 Å². The summed E-state index contributed by atoms with van der Waals surface area (Å²) < 4.78 is 5.91. The van der Waals surface area contributed by atoms with E-state index in [1.165, 1.54) is 29.4 Å². The van der Waals surface area contributed by atoms with E-state index in [0.717, 1.165) is 41.3 Å². The summed E-state index contributed by atoms with van der Waals surface area (Å²) in [5.41, 5.74) is 2.47. The van der Waals surface area contributed by atoms with Crippen LogP contribution in [0, 0.1) is 0 Å². The first-order valence-corrected chi connectivity index (χ1v) is 10.8. The second-order valence-corrected chi connectivity index (χ2v) is 8.66. The fourth-order valence-electron chi connectivity index (χ4n) is 3.01. The predicted molar refractivity (Wildman–Crippen MR) is 120 cm³/mol. The van der Waals surface area contributed by atoms with Gasteiger partial charge in [-0.3, -0.25) is 10.1 Å². The predicted octanol–water partition coefficient (Wildman–Crippen LogP) is 4.70. The third-order valence-electron chi connectivity index (χ3n) is 4.32. The number of fused-ring (bicyclic) bond motifs is 1. The van der Waals surface area contributed by atoms with Gasteiger partial charge in [0.1, 0.15) is 5.00 Å². The highest BCUT2D eigenvalue weighted by Gasteiger charge is 2.26. The number of methoxy groups -OCH3 is 1. The molecule has 28 heavy (non-hydrogen) atoms. The summed E-state index contributed by atoms with van der Waals surface area (Å²) in [6.45, 7) is 0. The van der Waals surface area contributed by atoms with Crippen LogP contribution in [0.5, 0.6) is 0 Å². The number of nitrogens with one attached hydrogen (secondary N) is 2. The van der Waals surface area contributed by atoms with E-state index in [9.17, 15) is 9.59 Å². The monoisotopic (exact) mass is 478 g/mol. The van der Waals surface area contributed by atoms with Crippen LogP contribution in [-0.4, -0.2) is 24.1 Å². The molecule has 5 nitrogen and oxygen atoms in total. The maximum absolute atomic E-state index is 12.3. The number of hydrogen-bond acceptors (Lipinski definition) is 5. The van der Waals surface area contributed by atoms with E-state index >= 15 is 0 Å². The van der Waals surface area contributed by atoms with Crippen LogP contribution < -0.4 is 10.6 Å². The smallest absolute Gasteiger partial charge is 0.341 e. The lowest BCUT2D eigenvalue weighted by atomic mass is 9.95. The average molecular weight is 479 g/mol. The molecule has 2 N–H and O–H groups in total. The van der Waals surface area contributed by atoms with Crippen molar-refractivity contribution in [1.82, 2.24) is 5.32 Å². The van der Waals surface area contributed by atoms with Crippen LogP contribution in [0.1, 0.15) is 39.2 Å². The van der Waals surface area contributed by atoms with E-state index in [2.05, 4.69) is 26.6 Å². The summed E-state index contributed by atoms with van der Waals surface area (Å²) in [4.78, 5) is 25.6. The van der Waals surface area contributed by atoms with Crippen molar-refractivity contribution >= 4 is 67.6 Å². The summed E-state index contributed by atoms with van der Waals surface area (Å²) in [5, 5.41) is 6.38. The molecule has 3 rings (SSSR count). The first-order valence-electron chi connectivity index (χ1n) is 8.76. The zero-order chi connectivity index (χ0) is 20.1. The number of benzene rings is 1. The molecule has 0 saturated carbocycles. The number of halogens is 1. The highest BCUT2D eigenvalue weighted by molar-refractivity contribution is 9.10. The Labute approximate surface area is 181 Å². The Morgan fingerprint density at radius 2 is 1.93 bits per heavy atom. The van der Waals surface area contributed by atoms with Gasteiger partial charge in [0, 0.05) is 15.4 Å². The molecule has 1 aliphatic carbocycles. The molecule has 0 spiro atoms. The maximum atomic E-state index is 12.3. The molecule has 0 aliphatic heterocycles. The first kappa shape index (κ1) is 20.7. The minimum atomic E-state index is -0.383. The Bertz CT molecular complexity index is 936. The minimum Gasteiger partial charge on any atom is -0.465 e. The molecule has 0 atom stereocenters. The Balaban J connectivity index is 1.67. The number of anilines is 1. The molecule has 1 amide bonds. The van der Waals surface area contributed by atoms with Crippen molar-refractivity contribution in [3.63, 3.8) is 0 Å². The van der Waals surface area contributed by atoms with Gasteiger partial charge >= 0.3 is 5.97 Å². The van der Waals surface area contributed by atoms with Gasteiger partial charge in [-0.05, 0) is 67.2 Å². The lowest BCUT2D eigenvalue weighted by molar-refractivity contribution is -0.115. The van der Waals surface area contributed by atoms with Gasteiger partial charge in [-0.15, -0.1) is 11.3 Å². The van der Waals surface area contributed by atoms with Gasteiger partial charge in [-0.25, -0.2) is 4.79 Å². The molecular formula is C20H19BrN2O3S2. The number of aryl methyl sites for hydroxylation is 1. The third kappa shape index (κ3) is 5.06. The van der Waals surface area contributed by atoms with Gasteiger partial charge < -0.3 is 10.1 Å². The van der Waals surface area contributed by atoms with Gasteiger partial charge in [0.2, 0.25) is 5.91 Å². The molecule has 0 saturated heterocycles. The molecule has 1 heterocycles. The molecule has 0 bridgehead atoms. The van der Waals surface area contributed by atoms with Gasteiger partial charge in [0.15, 0.2) is 5.11 Å². The van der Waals surface area contributed by atoms with Gasteiger partial charge in [0.25, 0.3) is 0 Å². The number of esters is 1. The van der Waals surface area contributed by atoms with E-state index in [-0.39, 0.29) is 17.0 Å². The number of amides is 1. The van der Waals surface area contributed by atoms with Crippen molar-refractivity contribution in [1.29, 1.82) is 0 Å². The Kier molecular flexibility index (Phi) is 6.98. The number of rotatable bonds is 4. The second kappa shape index (κ2) is 9.45. The fraction of sp³-hybridized carbons (Fsp3) is 0.250.